The predicted octanol–water partition coefficient (Wildman–Crippen LogP) is 0.546. The molecule has 3 nitrogen and oxygen atoms in total. The molecule has 0 aromatic rings. The van der Waals surface area contributed by atoms with Gasteiger partial charge in [-0.2, -0.15) is 0 Å². The summed E-state index contributed by atoms with van der Waals surface area (Å²) in [6.45, 7) is 2.14. The first-order valence-corrected chi connectivity index (χ1v) is 4.56. The van der Waals surface area contributed by atoms with E-state index in [9.17, 15) is 4.79 Å². The molecule has 68 valence electrons. The second kappa shape index (κ2) is 2.73. The summed E-state index contributed by atoms with van der Waals surface area (Å²) in [4.78, 5) is 11.3. The SMILES string of the molecule is COC(=O)[C@H]1C[C@H]2N[C@@H]2C[C@H]1C. The molecule has 0 spiro atoms. The minimum Gasteiger partial charge on any atom is -0.469 e. The van der Waals surface area contributed by atoms with Gasteiger partial charge in [0, 0.05) is 12.1 Å². The van der Waals surface area contributed by atoms with E-state index >= 15 is 0 Å². The summed E-state index contributed by atoms with van der Waals surface area (Å²) in [6.07, 6.45) is 2.10. The molecule has 2 aliphatic rings. The van der Waals surface area contributed by atoms with Gasteiger partial charge in [0.05, 0.1) is 13.0 Å². The monoisotopic (exact) mass is 169 g/mol. The molecule has 3 heteroatoms. The fourth-order valence-electron chi connectivity index (χ4n) is 2.23. The van der Waals surface area contributed by atoms with E-state index in [-0.39, 0.29) is 11.9 Å². The number of carbonyl (C=O) groups is 1. The lowest BCUT2D eigenvalue weighted by Gasteiger charge is -2.24. The van der Waals surface area contributed by atoms with E-state index in [4.69, 9.17) is 4.74 Å². The first-order chi connectivity index (χ1) is 5.72. The molecule has 1 saturated carbocycles. The molecule has 1 saturated heterocycles. The summed E-state index contributed by atoms with van der Waals surface area (Å²) in [5.74, 6) is 0.578. The Bertz CT molecular complexity index is 205. The van der Waals surface area contributed by atoms with Crippen molar-refractivity contribution in [3.8, 4) is 0 Å². The van der Waals surface area contributed by atoms with E-state index < -0.39 is 0 Å². The molecule has 0 bridgehead atoms. The number of fused-ring (bicyclic) bond motifs is 1. The molecule has 12 heavy (non-hydrogen) atoms. The zero-order chi connectivity index (χ0) is 8.72. The summed E-state index contributed by atoms with van der Waals surface area (Å²) >= 11 is 0. The zero-order valence-electron chi connectivity index (χ0n) is 7.54. The number of hydrogen-bond donors (Lipinski definition) is 1. The Kier molecular flexibility index (Phi) is 1.83. The van der Waals surface area contributed by atoms with E-state index in [2.05, 4.69) is 12.2 Å². The van der Waals surface area contributed by atoms with Crippen molar-refractivity contribution in [3.63, 3.8) is 0 Å². The molecule has 1 heterocycles. The highest BCUT2D eigenvalue weighted by Crippen LogP contribution is 2.37. The minimum atomic E-state index is -0.0327. The summed E-state index contributed by atoms with van der Waals surface area (Å²) < 4.78 is 4.76. The lowest BCUT2D eigenvalue weighted by Crippen LogP contribution is -2.29. The molecule has 4 atom stereocenters. The van der Waals surface area contributed by atoms with Gasteiger partial charge in [-0.15, -0.1) is 0 Å². The summed E-state index contributed by atoms with van der Waals surface area (Å²) in [5.41, 5.74) is 0. The maximum absolute atomic E-state index is 11.3. The Labute approximate surface area is 72.5 Å². The van der Waals surface area contributed by atoms with Gasteiger partial charge < -0.3 is 10.1 Å². The highest BCUT2D eigenvalue weighted by molar-refractivity contribution is 5.73. The molecule has 0 amide bonds. The number of hydrogen-bond acceptors (Lipinski definition) is 3. The lowest BCUT2D eigenvalue weighted by molar-refractivity contribution is -0.148. The number of nitrogens with one attached hydrogen (secondary N) is 1. The van der Waals surface area contributed by atoms with Gasteiger partial charge in [0.15, 0.2) is 0 Å². The van der Waals surface area contributed by atoms with Crippen molar-refractivity contribution in [2.24, 2.45) is 11.8 Å². The van der Waals surface area contributed by atoms with Crippen LogP contribution in [0.15, 0.2) is 0 Å². The van der Waals surface area contributed by atoms with Gasteiger partial charge in [0.2, 0.25) is 0 Å². The van der Waals surface area contributed by atoms with Crippen molar-refractivity contribution < 1.29 is 9.53 Å². The molecule has 1 aliphatic heterocycles. The van der Waals surface area contributed by atoms with E-state index in [1.807, 2.05) is 0 Å². The molecule has 0 unspecified atom stereocenters. The zero-order valence-corrected chi connectivity index (χ0v) is 7.54. The predicted molar refractivity (Wildman–Crippen MR) is 44.6 cm³/mol. The first kappa shape index (κ1) is 8.05. The third-order valence-electron chi connectivity index (χ3n) is 3.13. The second-order valence-electron chi connectivity index (χ2n) is 3.96. The van der Waals surface area contributed by atoms with Crippen LogP contribution in [-0.4, -0.2) is 25.2 Å². The normalized spacial score (nSPS) is 44.8. The molecule has 1 aliphatic carbocycles. The second-order valence-corrected chi connectivity index (χ2v) is 3.96. The summed E-state index contributed by atoms with van der Waals surface area (Å²) in [6, 6.07) is 1.30. The standard InChI is InChI=1S/C9H15NO2/c1-5-3-7-8(10-7)4-6(5)9(11)12-2/h5-8,10H,3-4H2,1-2H3/t5-,6+,7-,8-/m1/s1. The largest absolute Gasteiger partial charge is 0.469 e. The Morgan fingerprint density at radius 2 is 2.08 bits per heavy atom. The van der Waals surface area contributed by atoms with Crippen LogP contribution in [0.4, 0.5) is 0 Å². The fraction of sp³-hybridized carbons (Fsp3) is 0.889. The fourth-order valence-corrected chi connectivity index (χ4v) is 2.23. The average molecular weight is 169 g/mol. The van der Waals surface area contributed by atoms with E-state index in [0.29, 0.717) is 18.0 Å². The van der Waals surface area contributed by atoms with Gasteiger partial charge in [-0.3, -0.25) is 4.79 Å². The van der Waals surface area contributed by atoms with E-state index in [0.717, 1.165) is 12.8 Å². The van der Waals surface area contributed by atoms with Gasteiger partial charge in [-0.05, 0) is 18.8 Å². The Balaban J connectivity index is 1.99. The summed E-state index contributed by atoms with van der Waals surface area (Å²) in [5, 5.41) is 3.36. The highest BCUT2D eigenvalue weighted by atomic mass is 16.5. The number of carbonyl (C=O) groups excluding carboxylic acids is 1. The Morgan fingerprint density at radius 1 is 1.42 bits per heavy atom. The average Bonchev–Trinajstić information content (AvgIpc) is 2.79. The van der Waals surface area contributed by atoms with Gasteiger partial charge >= 0.3 is 5.97 Å². The molecule has 0 radical (unpaired) electrons. The van der Waals surface area contributed by atoms with Crippen LogP contribution in [0.3, 0.4) is 0 Å². The van der Waals surface area contributed by atoms with Crippen molar-refractivity contribution in [3.05, 3.63) is 0 Å². The topological polar surface area (TPSA) is 48.2 Å². The maximum atomic E-state index is 11.3. The quantitative estimate of drug-likeness (QED) is 0.460. The highest BCUT2D eigenvalue weighted by Gasteiger charge is 2.47. The molecular weight excluding hydrogens is 154 g/mol. The Morgan fingerprint density at radius 3 is 2.75 bits per heavy atom. The molecule has 2 fully saturated rings. The van der Waals surface area contributed by atoms with E-state index in [1.165, 1.54) is 7.11 Å². The van der Waals surface area contributed by atoms with Crippen molar-refractivity contribution in [2.75, 3.05) is 7.11 Å². The van der Waals surface area contributed by atoms with Crippen LogP contribution in [0.1, 0.15) is 19.8 Å². The Hall–Kier alpha value is -0.570. The van der Waals surface area contributed by atoms with Gasteiger partial charge in [0.25, 0.3) is 0 Å². The molecular formula is C9H15NO2. The van der Waals surface area contributed by atoms with Crippen LogP contribution in [0.5, 0.6) is 0 Å². The number of ether oxygens (including phenoxy) is 1. The molecule has 0 aromatic carbocycles. The lowest BCUT2D eigenvalue weighted by atomic mass is 9.80. The van der Waals surface area contributed by atoms with Crippen molar-refractivity contribution in [1.82, 2.24) is 5.32 Å². The maximum Gasteiger partial charge on any atom is 0.308 e. The number of methoxy groups -OCH3 is 1. The summed E-state index contributed by atoms with van der Waals surface area (Å²) in [7, 11) is 1.47. The van der Waals surface area contributed by atoms with Gasteiger partial charge in [-0.1, -0.05) is 6.92 Å². The molecule has 2 rings (SSSR count). The van der Waals surface area contributed by atoms with Crippen molar-refractivity contribution in [1.29, 1.82) is 0 Å². The molecule has 1 N–H and O–H groups in total. The third kappa shape index (κ3) is 1.22. The van der Waals surface area contributed by atoms with Crippen LogP contribution in [0, 0.1) is 11.8 Å². The van der Waals surface area contributed by atoms with Crippen molar-refractivity contribution >= 4 is 5.97 Å². The van der Waals surface area contributed by atoms with Crippen LogP contribution in [0.25, 0.3) is 0 Å². The van der Waals surface area contributed by atoms with E-state index in [1.54, 1.807) is 0 Å². The van der Waals surface area contributed by atoms with Crippen LogP contribution in [0.2, 0.25) is 0 Å². The smallest absolute Gasteiger partial charge is 0.308 e. The van der Waals surface area contributed by atoms with Crippen molar-refractivity contribution in [2.45, 2.75) is 31.8 Å². The van der Waals surface area contributed by atoms with Crippen LogP contribution < -0.4 is 5.32 Å². The third-order valence-corrected chi connectivity index (χ3v) is 3.13. The van der Waals surface area contributed by atoms with Crippen LogP contribution >= 0.6 is 0 Å². The van der Waals surface area contributed by atoms with Crippen LogP contribution in [-0.2, 0) is 9.53 Å². The number of esters is 1. The number of rotatable bonds is 1. The minimum absolute atomic E-state index is 0.0327. The molecule has 0 aromatic heterocycles. The first-order valence-electron chi connectivity index (χ1n) is 4.56. The van der Waals surface area contributed by atoms with Gasteiger partial charge in [-0.25, -0.2) is 0 Å². The van der Waals surface area contributed by atoms with Gasteiger partial charge in [0.1, 0.15) is 0 Å².